The van der Waals surface area contributed by atoms with Gasteiger partial charge in [0.1, 0.15) is 11.4 Å². The van der Waals surface area contributed by atoms with Gasteiger partial charge in [0.25, 0.3) is 0 Å². The van der Waals surface area contributed by atoms with E-state index in [1.54, 1.807) is 24.4 Å². The van der Waals surface area contributed by atoms with E-state index in [1.807, 2.05) is 78.9 Å². The summed E-state index contributed by atoms with van der Waals surface area (Å²) in [5, 5.41) is 10.3. The van der Waals surface area contributed by atoms with Gasteiger partial charge in [0.15, 0.2) is 0 Å². The zero-order valence-electron chi connectivity index (χ0n) is 20.9. The number of benzene rings is 4. The Morgan fingerprint density at radius 2 is 1.35 bits per heavy atom. The maximum absolute atomic E-state index is 13.0. The molecule has 0 aliphatic carbocycles. The molecule has 0 radical (unpaired) electrons. The van der Waals surface area contributed by atoms with Crippen LogP contribution in [0.2, 0.25) is 5.02 Å². The van der Waals surface area contributed by atoms with Crippen LogP contribution in [0.3, 0.4) is 0 Å². The van der Waals surface area contributed by atoms with Crippen LogP contribution in [0.4, 0.5) is 13.2 Å². The molecule has 2 aromatic heterocycles. The average molecular weight is 556 g/mol. The topological polar surface area (TPSA) is 47.9 Å². The molecule has 0 spiro atoms. The van der Waals surface area contributed by atoms with E-state index in [-0.39, 0.29) is 5.88 Å². The number of hydrogen-bond donors (Lipinski definition) is 0. The summed E-state index contributed by atoms with van der Waals surface area (Å²) in [6.07, 6.45) is -2.71. The van der Waals surface area contributed by atoms with Crippen molar-refractivity contribution < 1.29 is 17.9 Å². The highest BCUT2D eigenvalue weighted by molar-refractivity contribution is 6.30. The molecule has 198 valence electrons. The summed E-state index contributed by atoms with van der Waals surface area (Å²) >= 11 is 5.54. The third-order valence-corrected chi connectivity index (χ3v) is 6.13. The number of aromatic nitrogens is 3. The molecule has 0 fully saturated rings. The number of fused-ring (bicyclic) bond motifs is 1. The zero-order chi connectivity index (χ0) is 28.0. The minimum Gasteiger partial charge on any atom is -0.437 e. The maximum atomic E-state index is 13.0. The van der Waals surface area contributed by atoms with Gasteiger partial charge in [0.2, 0.25) is 5.88 Å². The third kappa shape index (κ3) is 6.62. The molecule has 0 bridgehead atoms. The first-order valence-electron chi connectivity index (χ1n) is 12.2. The van der Waals surface area contributed by atoms with E-state index in [4.69, 9.17) is 16.3 Å². The largest absolute Gasteiger partial charge is 0.437 e. The smallest absolute Gasteiger partial charge is 0.416 e. The Balaban J connectivity index is 0.000000403. The fraction of sp³-hybridized carbons (Fsp3) is 0.0312. The van der Waals surface area contributed by atoms with E-state index in [0.717, 1.165) is 33.6 Å². The highest BCUT2D eigenvalue weighted by atomic mass is 35.5. The molecule has 8 heteroatoms. The van der Waals surface area contributed by atoms with Crippen molar-refractivity contribution in [1.82, 2.24) is 15.2 Å². The number of hydrogen-bond acceptors (Lipinski definition) is 4. The second kappa shape index (κ2) is 12.0. The Morgan fingerprint density at radius 3 is 2.00 bits per heavy atom. The summed E-state index contributed by atoms with van der Waals surface area (Å²) in [6.45, 7) is 0. The molecule has 40 heavy (non-hydrogen) atoms. The summed E-state index contributed by atoms with van der Waals surface area (Å²) < 4.78 is 45.0. The van der Waals surface area contributed by atoms with Gasteiger partial charge in [-0.3, -0.25) is 4.98 Å². The predicted octanol–water partition coefficient (Wildman–Crippen LogP) is 9.51. The van der Waals surface area contributed by atoms with Crippen molar-refractivity contribution in [2.24, 2.45) is 0 Å². The molecular weight excluding hydrogens is 535 g/mol. The van der Waals surface area contributed by atoms with Crippen LogP contribution in [0.15, 0.2) is 128 Å². The van der Waals surface area contributed by atoms with Crippen LogP contribution >= 0.6 is 11.6 Å². The van der Waals surface area contributed by atoms with Gasteiger partial charge in [-0.2, -0.15) is 13.2 Å². The van der Waals surface area contributed by atoms with E-state index in [2.05, 4.69) is 15.2 Å². The third-order valence-electron chi connectivity index (χ3n) is 5.87. The number of alkyl halides is 3. The Hall–Kier alpha value is -4.75. The second-order valence-electron chi connectivity index (χ2n) is 8.64. The highest BCUT2D eigenvalue weighted by Crippen LogP contribution is 2.36. The number of halogens is 4. The number of pyridine rings is 1. The Kier molecular flexibility index (Phi) is 8.03. The first kappa shape index (κ1) is 26.8. The highest BCUT2D eigenvalue weighted by Gasteiger charge is 2.30. The molecule has 4 nitrogen and oxygen atoms in total. The van der Waals surface area contributed by atoms with Crippen LogP contribution in [0, 0.1) is 0 Å². The van der Waals surface area contributed by atoms with Crippen LogP contribution in [-0.2, 0) is 6.18 Å². The van der Waals surface area contributed by atoms with Crippen LogP contribution in [0.25, 0.3) is 33.3 Å². The van der Waals surface area contributed by atoms with E-state index < -0.39 is 11.7 Å². The molecule has 0 N–H and O–H groups in total. The van der Waals surface area contributed by atoms with Crippen LogP contribution < -0.4 is 4.74 Å². The molecular formula is C32H21ClF3N3O. The van der Waals surface area contributed by atoms with Gasteiger partial charge < -0.3 is 4.74 Å². The lowest BCUT2D eigenvalue weighted by Crippen LogP contribution is -2.04. The Labute approximate surface area is 233 Å². The molecule has 0 amide bonds. The molecule has 0 aliphatic heterocycles. The van der Waals surface area contributed by atoms with Crippen molar-refractivity contribution in [2.45, 2.75) is 6.18 Å². The summed E-state index contributed by atoms with van der Waals surface area (Å²) in [4.78, 5) is 4.32. The van der Waals surface area contributed by atoms with Crippen LogP contribution in [-0.4, -0.2) is 15.2 Å². The van der Waals surface area contributed by atoms with Crippen LogP contribution in [0.1, 0.15) is 5.56 Å². The molecule has 6 aromatic rings. The van der Waals surface area contributed by atoms with Gasteiger partial charge in [-0.25, -0.2) is 0 Å². The molecule has 0 unspecified atom stereocenters. The van der Waals surface area contributed by atoms with Gasteiger partial charge in [-0.15, -0.1) is 10.2 Å². The number of ether oxygens (including phenoxy) is 1. The number of nitrogens with zero attached hydrogens (tertiary/aromatic N) is 3. The zero-order valence-corrected chi connectivity index (χ0v) is 21.6. The minimum atomic E-state index is -4.41. The number of rotatable bonds is 4. The van der Waals surface area contributed by atoms with Gasteiger partial charge in [0, 0.05) is 39.9 Å². The second-order valence-corrected chi connectivity index (χ2v) is 9.08. The molecule has 2 heterocycles. The van der Waals surface area contributed by atoms with E-state index in [9.17, 15) is 13.2 Å². The van der Waals surface area contributed by atoms with E-state index >= 15 is 0 Å². The van der Waals surface area contributed by atoms with Crippen molar-refractivity contribution in [1.29, 1.82) is 0 Å². The fourth-order valence-corrected chi connectivity index (χ4v) is 4.08. The Bertz CT molecular complexity index is 1710. The lowest BCUT2D eigenvalue weighted by atomic mass is 9.99. The molecule has 0 aliphatic rings. The molecule has 0 atom stereocenters. The minimum absolute atomic E-state index is 0.222. The fourth-order valence-electron chi connectivity index (χ4n) is 3.94. The maximum Gasteiger partial charge on any atom is 0.416 e. The van der Waals surface area contributed by atoms with E-state index in [0.29, 0.717) is 22.6 Å². The normalized spacial score (nSPS) is 11.0. The van der Waals surface area contributed by atoms with Gasteiger partial charge >= 0.3 is 6.18 Å². The monoisotopic (exact) mass is 555 g/mol. The summed E-state index contributed by atoms with van der Waals surface area (Å²) in [6, 6.07) is 34.7. The van der Waals surface area contributed by atoms with Crippen LogP contribution in [0.5, 0.6) is 11.6 Å². The summed E-state index contributed by atoms with van der Waals surface area (Å²) in [7, 11) is 0. The Morgan fingerprint density at radius 1 is 0.650 bits per heavy atom. The summed E-state index contributed by atoms with van der Waals surface area (Å²) in [5.41, 5.74) is 2.58. The van der Waals surface area contributed by atoms with Crippen molar-refractivity contribution in [2.75, 3.05) is 0 Å². The van der Waals surface area contributed by atoms with Gasteiger partial charge in [-0.1, -0.05) is 78.3 Å². The average Bonchev–Trinajstić information content (AvgIpc) is 2.98. The quantitative estimate of drug-likeness (QED) is 0.217. The van der Waals surface area contributed by atoms with Gasteiger partial charge in [-0.05, 0) is 48.0 Å². The first-order chi connectivity index (χ1) is 19.4. The lowest BCUT2D eigenvalue weighted by Gasteiger charge is -2.13. The van der Waals surface area contributed by atoms with Gasteiger partial charge in [0.05, 0.1) is 11.1 Å². The standard InChI is InChI=1S/C26H16F3N3O.C6H5Cl/c27-26(28,29)20-11-8-17(9-12-20)22-16-24(31-32-25(22)19-5-2-1-3-6-19)33-21-13-10-18-7-4-14-30-23(18)15-21;7-6-4-2-1-3-5-6/h1-16H;1-5H. The first-order valence-corrected chi connectivity index (χ1v) is 12.6. The van der Waals surface area contributed by atoms with Crippen molar-refractivity contribution >= 4 is 22.5 Å². The van der Waals surface area contributed by atoms with Crippen molar-refractivity contribution in [3.63, 3.8) is 0 Å². The summed E-state index contributed by atoms with van der Waals surface area (Å²) in [5.74, 6) is 0.751. The van der Waals surface area contributed by atoms with Crippen molar-refractivity contribution in [3.05, 3.63) is 138 Å². The van der Waals surface area contributed by atoms with Crippen molar-refractivity contribution in [3.8, 4) is 34.0 Å². The molecule has 4 aromatic carbocycles. The van der Waals surface area contributed by atoms with E-state index in [1.165, 1.54) is 12.1 Å². The molecule has 6 rings (SSSR count). The molecule has 0 saturated heterocycles. The SMILES string of the molecule is Clc1ccccc1.FC(F)(F)c1ccc(-c2cc(Oc3ccc4cccnc4c3)nnc2-c2ccccc2)cc1. The predicted molar refractivity (Wildman–Crippen MR) is 151 cm³/mol. The molecule has 0 saturated carbocycles. The lowest BCUT2D eigenvalue weighted by molar-refractivity contribution is -0.137.